The van der Waals surface area contributed by atoms with E-state index in [1.165, 1.54) is 0 Å². The topological polar surface area (TPSA) is 131 Å². The fourth-order valence-electron chi connectivity index (χ4n) is 6.89. The van der Waals surface area contributed by atoms with Crippen LogP contribution in [0, 0.1) is 5.92 Å². The van der Waals surface area contributed by atoms with Crippen molar-refractivity contribution < 1.29 is 24.3 Å². The highest BCUT2D eigenvalue weighted by atomic mass is 16.3. The van der Waals surface area contributed by atoms with Gasteiger partial charge in [-0.15, -0.1) is 0 Å². The van der Waals surface area contributed by atoms with E-state index in [9.17, 15) is 24.3 Å². The quantitative estimate of drug-likeness (QED) is 0.348. The standard InChI is InChI=1S/C34H45N5O5/c1-22(35-2)32(42)36-28-21-38(30(41)20-23-13-15-27(40)19-23)18-17-26-14-16-29(39(26)34(28)44)33(43)37-31(24-9-5-3-6-10-24)25-11-7-4-8-12-25/h3-12,22-23,26-29,31,35,40H,13-21H2,1-2H3,(H,36,42)(H,37,43)/t22-,23-,26+,27-,28-,29-/m0/s1. The first-order valence-corrected chi connectivity index (χ1v) is 15.9. The van der Waals surface area contributed by atoms with Gasteiger partial charge in [-0.1, -0.05) is 60.7 Å². The summed E-state index contributed by atoms with van der Waals surface area (Å²) in [6, 6.07) is 16.7. The maximum Gasteiger partial charge on any atom is 0.247 e. The van der Waals surface area contributed by atoms with Crippen molar-refractivity contribution in [2.75, 3.05) is 20.1 Å². The predicted octanol–water partition coefficient (Wildman–Crippen LogP) is 2.13. The second-order valence-electron chi connectivity index (χ2n) is 12.5. The number of nitrogens with zero attached hydrogens (tertiary/aromatic N) is 2. The van der Waals surface area contributed by atoms with E-state index in [2.05, 4.69) is 16.0 Å². The van der Waals surface area contributed by atoms with E-state index >= 15 is 0 Å². The van der Waals surface area contributed by atoms with Gasteiger partial charge in [0.1, 0.15) is 12.1 Å². The highest BCUT2D eigenvalue weighted by Gasteiger charge is 2.46. The summed E-state index contributed by atoms with van der Waals surface area (Å²) in [5, 5.41) is 19.0. The molecule has 2 aromatic rings. The smallest absolute Gasteiger partial charge is 0.247 e. The van der Waals surface area contributed by atoms with E-state index in [-0.39, 0.29) is 54.3 Å². The Morgan fingerprint density at radius 3 is 2.18 bits per heavy atom. The van der Waals surface area contributed by atoms with E-state index in [0.717, 1.165) is 17.5 Å². The van der Waals surface area contributed by atoms with Gasteiger partial charge in [0.15, 0.2) is 0 Å². The number of carbonyl (C=O) groups is 4. The normalized spacial score (nSPS) is 26.1. The molecule has 10 heteroatoms. The van der Waals surface area contributed by atoms with Crippen LogP contribution in [0.2, 0.25) is 0 Å². The number of aliphatic hydroxyl groups is 1. The first-order valence-electron chi connectivity index (χ1n) is 15.9. The van der Waals surface area contributed by atoms with Crippen LogP contribution in [0.15, 0.2) is 60.7 Å². The van der Waals surface area contributed by atoms with Crippen LogP contribution >= 0.6 is 0 Å². The molecule has 2 saturated heterocycles. The number of amides is 4. The summed E-state index contributed by atoms with van der Waals surface area (Å²) in [6.07, 6.45) is 3.76. The number of fused-ring (bicyclic) bond motifs is 1. The minimum Gasteiger partial charge on any atom is -0.393 e. The second kappa shape index (κ2) is 14.3. The molecule has 0 aromatic heterocycles. The highest BCUT2D eigenvalue weighted by molar-refractivity contribution is 5.94. The van der Waals surface area contributed by atoms with Crippen molar-refractivity contribution in [3.63, 3.8) is 0 Å². The third-order valence-electron chi connectivity index (χ3n) is 9.52. The Morgan fingerprint density at radius 2 is 1.59 bits per heavy atom. The first-order chi connectivity index (χ1) is 21.2. The second-order valence-corrected chi connectivity index (χ2v) is 12.5. The van der Waals surface area contributed by atoms with E-state index in [1.807, 2.05) is 60.7 Å². The number of aliphatic hydroxyl groups excluding tert-OH is 1. The Morgan fingerprint density at radius 1 is 0.932 bits per heavy atom. The molecule has 0 radical (unpaired) electrons. The van der Waals surface area contributed by atoms with Gasteiger partial charge >= 0.3 is 0 Å². The summed E-state index contributed by atoms with van der Waals surface area (Å²) in [7, 11) is 1.67. The van der Waals surface area contributed by atoms with Crippen molar-refractivity contribution >= 4 is 23.6 Å². The molecule has 2 heterocycles. The molecule has 1 saturated carbocycles. The van der Waals surface area contributed by atoms with Crippen LogP contribution in [0.1, 0.15) is 69.0 Å². The van der Waals surface area contributed by atoms with Crippen molar-refractivity contribution in [3.05, 3.63) is 71.8 Å². The number of benzene rings is 2. The van der Waals surface area contributed by atoms with E-state index in [0.29, 0.717) is 45.1 Å². The molecule has 10 nitrogen and oxygen atoms in total. The van der Waals surface area contributed by atoms with Crippen molar-refractivity contribution in [3.8, 4) is 0 Å². The van der Waals surface area contributed by atoms with Crippen LogP contribution in [0.5, 0.6) is 0 Å². The van der Waals surface area contributed by atoms with E-state index in [1.54, 1.807) is 23.8 Å². The number of hydrogen-bond donors (Lipinski definition) is 4. The Bertz CT molecular complexity index is 1270. The fraction of sp³-hybridized carbons (Fsp3) is 0.529. The Kier molecular flexibility index (Phi) is 10.3. The molecule has 0 bridgehead atoms. The van der Waals surface area contributed by atoms with Crippen molar-refractivity contribution in [2.24, 2.45) is 5.92 Å². The molecule has 0 spiro atoms. The third-order valence-corrected chi connectivity index (χ3v) is 9.52. The lowest BCUT2D eigenvalue weighted by molar-refractivity contribution is -0.147. The van der Waals surface area contributed by atoms with Crippen LogP contribution in [0.4, 0.5) is 0 Å². The van der Waals surface area contributed by atoms with E-state index < -0.39 is 18.1 Å². The lowest BCUT2D eigenvalue weighted by Crippen LogP contribution is -2.62. The minimum absolute atomic E-state index is 0.0450. The highest BCUT2D eigenvalue weighted by Crippen LogP contribution is 2.32. The van der Waals surface area contributed by atoms with Gasteiger partial charge in [-0.05, 0) is 69.5 Å². The monoisotopic (exact) mass is 603 g/mol. The summed E-state index contributed by atoms with van der Waals surface area (Å²) in [5.74, 6) is -0.862. The largest absolute Gasteiger partial charge is 0.393 e. The maximum absolute atomic E-state index is 14.3. The molecule has 236 valence electrons. The molecule has 3 fully saturated rings. The molecule has 1 aliphatic carbocycles. The average Bonchev–Trinajstić information content (AvgIpc) is 3.65. The number of hydrogen-bond acceptors (Lipinski definition) is 6. The predicted molar refractivity (Wildman–Crippen MR) is 166 cm³/mol. The Hall–Kier alpha value is -3.76. The lowest BCUT2D eigenvalue weighted by atomic mass is 9.98. The van der Waals surface area contributed by atoms with Crippen LogP contribution in [-0.2, 0) is 19.2 Å². The Labute approximate surface area is 259 Å². The third kappa shape index (κ3) is 7.30. The summed E-state index contributed by atoms with van der Waals surface area (Å²) >= 11 is 0. The zero-order valence-corrected chi connectivity index (χ0v) is 25.7. The number of rotatable bonds is 9. The van der Waals surface area contributed by atoms with Crippen molar-refractivity contribution in [1.29, 1.82) is 0 Å². The van der Waals surface area contributed by atoms with Gasteiger partial charge in [0, 0.05) is 25.6 Å². The first kappa shape index (κ1) is 31.7. The van der Waals surface area contributed by atoms with Crippen LogP contribution in [-0.4, -0.2) is 88.9 Å². The zero-order valence-electron chi connectivity index (χ0n) is 25.7. The SMILES string of the molecule is CN[C@@H](C)C(=O)N[C@H]1CN(C(=O)C[C@H]2CC[C@H](O)C2)CC[C@H]2CC[C@@H](C(=O)NC(c3ccccc3)c3ccccc3)N2C1=O. The van der Waals surface area contributed by atoms with E-state index in [4.69, 9.17) is 0 Å². The van der Waals surface area contributed by atoms with Crippen LogP contribution in [0.25, 0.3) is 0 Å². The molecule has 0 unspecified atom stereocenters. The Balaban J connectivity index is 1.37. The molecule has 2 aromatic carbocycles. The van der Waals surface area contributed by atoms with Gasteiger partial charge < -0.3 is 30.9 Å². The minimum atomic E-state index is -0.980. The summed E-state index contributed by atoms with van der Waals surface area (Å²) in [4.78, 5) is 58.1. The van der Waals surface area contributed by atoms with Crippen molar-refractivity contribution in [1.82, 2.24) is 25.8 Å². The molecule has 44 heavy (non-hydrogen) atoms. The molecule has 2 aliphatic heterocycles. The molecule has 3 aliphatic rings. The molecular formula is C34H45N5O5. The summed E-state index contributed by atoms with van der Waals surface area (Å²) in [5.41, 5.74) is 1.88. The van der Waals surface area contributed by atoms with Gasteiger partial charge in [-0.25, -0.2) is 0 Å². The molecular weight excluding hydrogens is 558 g/mol. The summed E-state index contributed by atoms with van der Waals surface area (Å²) in [6.45, 7) is 2.18. The van der Waals surface area contributed by atoms with Crippen LogP contribution < -0.4 is 16.0 Å². The average molecular weight is 604 g/mol. The summed E-state index contributed by atoms with van der Waals surface area (Å²) < 4.78 is 0. The molecule has 4 amide bonds. The van der Waals surface area contributed by atoms with Gasteiger partial charge in [0.2, 0.25) is 23.6 Å². The molecule has 6 atom stereocenters. The number of nitrogens with one attached hydrogen (secondary N) is 3. The number of likely N-dealkylation sites (N-methyl/N-ethyl adjacent to an activating group) is 1. The number of carbonyl (C=O) groups excluding carboxylic acids is 4. The zero-order chi connectivity index (χ0) is 31.2. The van der Waals surface area contributed by atoms with Gasteiger partial charge in [-0.3, -0.25) is 19.2 Å². The van der Waals surface area contributed by atoms with Gasteiger partial charge in [-0.2, -0.15) is 0 Å². The van der Waals surface area contributed by atoms with Crippen molar-refractivity contribution in [2.45, 2.75) is 88.2 Å². The lowest BCUT2D eigenvalue weighted by Gasteiger charge is -2.39. The van der Waals surface area contributed by atoms with Gasteiger partial charge in [0.05, 0.1) is 18.2 Å². The van der Waals surface area contributed by atoms with Crippen LogP contribution in [0.3, 0.4) is 0 Å². The maximum atomic E-state index is 14.3. The molecule has 5 rings (SSSR count). The fourth-order valence-corrected chi connectivity index (χ4v) is 6.89. The van der Waals surface area contributed by atoms with Gasteiger partial charge in [0.25, 0.3) is 0 Å². The molecule has 4 N–H and O–H groups in total.